The van der Waals surface area contributed by atoms with Gasteiger partial charge in [-0.25, -0.2) is 8.42 Å². The highest BCUT2D eigenvalue weighted by molar-refractivity contribution is 7.91. The first-order chi connectivity index (χ1) is 7.98. The second kappa shape index (κ2) is 4.57. The molecule has 0 aromatic carbocycles. The molecule has 1 aromatic rings. The summed E-state index contributed by atoms with van der Waals surface area (Å²) in [5, 5.41) is 7.67. The third-order valence-electron chi connectivity index (χ3n) is 2.47. The van der Waals surface area contributed by atoms with Crippen molar-refractivity contribution in [1.82, 2.24) is 15.1 Å². The molecule has 0 spiro atoms. The van der Waals surface area contributed by atoms with Crippen LogP contribution in [0.3, 0.4) is 0 Å². The second-order valence-electron chi connectivity index (χ2n) is 3.74. The van der Waals surface area contributed by atoms with E-state index in [1.54, 1.807) is 0 Å². The first kappa shape index (κ1) is 12.2. The second-order valence-corrected chi connectivity index (χ2v) is 7.06. The molecule has 0 saturated carbocycles. The van der Waals surface area contributed by atoms with Crippen LogP contribution in [0, 0.1) is 0 Å². The van der Waals surface area contributed by atoms with Crippen LogP contribution in [-0.2, 0) is 9.84 Å². The Labute approximate surface area is 103 Å². The first-order valence-electron chi connectivity index (χ1n) is 5.07. The van der Waals surface area contributed by atoms with E-state index < -0.39 is 9.84 Å². The maximum absolute atomic E-state index is 12.0. The number of hydrogen-bond acceptors (Lipinski definition) is 7. The lowest BCUT2D eigenvalue weighted by molar-refractivity contribution is 0.0767. The van der Waals surface area contributed by atoms with Gasteiger partial charge in [-0.1, -0.05) is 11.3 Å². The van der Waals surface area contributed by atoms with Gasteiger partial charge in [0.15, 0.2) is 9.84 Å². The molecule has 1 amide bonds. The van der Waals surface area contributed by atoms with Crippen LogP contribution in [0.2, 0.25) is 0 Å². The van der Waals surface area contributed by atoms with E-state index in [-0.39, 0.29) is 34.1 Å². The Balaban J connectivity index is 2.10. The summed E-state index contributed by atoms with van der Waals surface area (Å²) in [7, 11) is -3.01. The van der Waals surface area contributed by atoms with E-state index >= 15 is 0 Å². The summed E-state index contributed by atoms with van der Waals surface area (Å²) in [5.74, 6) is -0.154. The number of carbonyl (C=O) groups excluding carboxylic acids is 1. The van der Waals surface area contributed by atoms with Crippen molar-refractivity contribution in [1.29, 1.82) is 0 Å². The summed E-state index contributed by atoms with van der Waals surface area (Å²) in [6, 6.07) is 0. The average Bonchev–Trinajstić information content (AvgIpc) is 2.60. The van der Waals surface area contributed by atoms with Gasteiger partial charge in [0, 0.05) is 13.1 Å². The van der Waals surface area contributed by atoms with E-state index in [0.29, 0.717) is 13.0 Å². The zero-order valence-electron chi connectivity index (χ0n) is 9.00. The van der Waals surface area contributed by atoms with Crippen LogP contribution < -0.4 is 5.73 Å². The molecule has 2 rings (SSSR count). The third-order valence-corrected chi connectivity index (χ3v) is 4.92. The van der Waals surface area contributed by atoms with E-state index in [1.807, 2.05) is 0 Å². The minimum atomic E-state index is -3.01. The molecule has 1 aliphatic heterocycles. The molecule has 1 fully saturated rings. The van der Waals surface area contributed by atoms with Gasteiger partial charge in [-0.3, -0.25) is 4.79 Å². The molecule has 17 heavy (non-hydrogen) atoms. The summed E-state index contributed by atoms with van der Waals surface area (Å²) in [6.07, 6.45) is 0.461. The Bertz CT molecular complexity index is 525. The monoisotopic (exact) mass is 276 g/mol. The van der Waals surface area contributed by atoms with Crippen molar-refractivity contribution in [3.63, 3.8) is 0 Å². The molecule has 1 aromatic heterocycles. The van der Waals surface area contributed by atoms with Crippen LogP contribution in [0.15, 0.2) is 0 Å². The Hall–Kier alpha value is -1.22. The molecule has 0 atom stereocenters. The number of rotatable bonds is 1. The van der Waals surface area contributed by atoms with Crippen LogP contribution in [-0.4, -0.2) is 54.0 Å². The van der Waals surface area contributed by atoms with Crippen molar-refractivity contribution in [3.8, 4) is 0 Å². The van der Waals surface area contributed by atoms with Crippen molar-refractivity contribution in [2.75, 3.05) is 30.3 Å². The SMILES string of the molecule is Nc1nnc(C(=O)N2CCCS(=O)(=O)CC2)s1. The molecule has 0 radical (unpaired) electrons. The molecule has 0 bridgehead atoms. The van der Waals surface area contributed by atoms with E-state index in [1.165, 1.54) is 4.90 Å². The summed E-state index contributed by atoms with van der Waals surface area (Å²) in [4.78, 5) is 13.5. The number of aromatic nitrogens is 2. The molecule has 0 aliphatic carbocycles. The van der Waals surface area contributed by atoms with Gasteiger partial charge in [0.25, 0.3) is 5.91 Å². The van der Waals surface area contributed by atoms with Gasteiger partial charge in [-0.15, -0.1) is 10.2 Å². The number of sulfone groups is 1. The Kier molecular flexibility index (Phi) is 3.29. The quantitative estimate of drug-likeness (QED) is 0.732. The third kappa shape index (κ3) is 2.91. The van der Waals surface area contributed by atoms with Crippen LogP contribution >= 0.6 is 11.3 Å². The van der Waals surface area contributed by atoms with Crippen LogP contribution in [0.5, 0.6) is 0 Å². The molecular formula is C8H12N4O3S2. The largest absolute Gasteiger partial charge is 0.374 e. The lowest BCUT2D eigenvalue weighted by atomic mass is 10.4. The highest BCUT2D eigenvalue weighted by atomic mass is 32.2. The van der Waals surface area contributed by atoms with Crippen LogP contribution in [0.1, 0.15) is 16.2 Å². The molecule has 7 nitrogen and oxygen atoms in total. The summed E-state index contributed by atoms with van der Waals surface area (Å²) < 4.78 is 22.8. The van der Waals surface area contributed by atoms with Gasteiger partial charge in [0.2, 0.25) is 10.1 Å². The van der Waals surface area contributed by atoms with Crippen molar-refractivity contribution in [3.05, 3.63) is 5.01 Å². The van der Waals surface area contributed by atoms with Gasteiger partial charge in [0.05, 0.1) is 11.5 Å². The number of nitrogen functional groups attached to an aromatic ring is 1. The lowest BCUT2D eigenvalue weighted by Gasteiger charge is -2.17. The molecule has 1 saturated heterocycles. The normalized spacial score (nSPS) is 19.9. The van der Waals surface area contributed by atoms with Crippen molar-refractivity contribution < 1.29 is 13.2 Å². The molecule has 1 aliphatic rings. The standard InChI is InChI=1S/C8H12N4O3S2/c9-8-11-10-6(16-8)7(13)12-2-1-4-17(14,15)5-3-12/h1-5H2,(H2,9,11). The van der Waals surface area contributed by atoms with Gasteiger partial charge in [0.1, 0.15) is 0 Å². The van der Waals surface area contributed by atoms with Gasteiger partial charge in [-0.2, -0.15) is 0 Å². The predicted molar refractivity (Wildman–Crippen MR) is 63.5 cm³/mol. The average molecular weight is 276 g/mol. The molecule has 2 N–H and O–H groups in total. The minimum absolute atomic E-state index is 0.00697. The van der Waals surface area contributed by atoms with Gasteiger partial charge < -0.3 is 10.6 Å². The van der Waals surface area contributed by atoms with Crippen molar-refractivity contribution in [2.45, 2.75) is 6.42 Å². The molecule has 94 valence electrons. The molecule has 2 heterocycles. The number of anilines is 1. The molecular weight excluding hydrogens is 264 g/mol. The summed E-state index contributed by atoms with van der Waals surface area (Å²) >= 11 is 1.01. The number of amides is 1. The Morgan fingerprint density at radius 3 is 2.71 bits per heavy atom. The van der Waals surface area contributed by atoms with E-state index in [9.17, 15) is 13.2 Å². The highest BCUT2D eigenvalue weighted by Gasteiger charge is 2.25. The van der Waals surface area contributed by atoms with E-state index in [4.69, 9.17) is 5.73 Å². The fourth-order valence-corrected chi connectivity index (χ4v) is 3.45. The van der Waals surface area contributed by atoms with Gasteiger partial charge in [-0.05, 0) is 6.42 Å². The number of hydrogen-bond donors (Lipinski definition) is 1. The van der Waals surface area contributed by atoms with Crippen LogP contribution in [0.4, 0.5) is 5.13 Å². The summed E-state index contributed by atoms with van der Waals surface area (Å²) in [6.45, 7) is 0.637. The van der Waals surface area contributed by atoms with Gasteiger partial charge >= 0.3 is 0 Å². The molecule has 0 unspecified atom stereocenters. The topological polar surface area (TPSA) is 106 Å². The number of carbonyl (C=O) groups is 1. The predicted octanol–water partition coefficient (Wildman–Crippen LogP) is -0.619. The Morgan fingerprint density at radius 2 is 2.06 bits per heavy atom. The van der Waals surface area contributed by atoms with E-state index in [2.05, 4.69) is 10.2 Å². The van der Waals surface area contributed by atoms with Crippen LogP contribution in [0.25, 0.3) is 0 Å². The zero-order valence-corrected chi connectivity index (χ0v) is 10.6. The zero-order chi connectivity index (χ0) is 12.5. The van der Waals surface area contributed by atoms with E-state index in [0.717, 1.165) is 11.3 Å². The van der Waals surface area contributed by atoms with Crippen molar-refractivity contribution >= 4 is 32.2 Å². The number of nitrogens with two attached hydrogens (primary N) is 1. The number of nitrogens with zero attached hydrogens (tertiary/aromatic N) is 3. The first-order valence-corrected chi connectivity index (χ1v) is 7.70. The van der Waals surface area contributed by atoms with Crippen molar-refractivity contribution in [2.24, 2.45) is 0 Å². The highest BCUT2D eigenvalue weighted by Crippen LogP contribution is 2.15. The maximum atomic E-state index is 12.0. The fourth-order valence-electron chi connectivity index (χ4n) is 1.60. The smallest absolute Gasteiger partial charge is 0.284 e. The fraction of sp³-hybridized carbons (Fsp3) is 0.625. The summed E-state index contributed by atoms with van der Waals surface area (Å²) in [5.41, 5.74) is 5.40. The maximum Gasteiger partial charge on any atom is 0.284 e. The minimum Gasteiger partial charge on any atom is -0.374 e. The Morgan fingerprint density at radius 1 is 1.29 bits per heavy atom. The molecule has 9 heteroatoms. The lowest BCUT2D eigenvalue weighted by Crippen LogP contribution is -2.33.